The minimum Gasteiger partial charge on any atom is -0.325 e. The van der Waals surface area contributed by atoms with Crippen molar-refractivity contribution in [2.24, 2.45) is 0 Å². The van der Waals surface area contributed by atoms with Crippen molar-refractivity contribution in [3.05, 3.63) is 45.4 Å². The lowest BCUT2D eigenvalue weighted by molar-refractivity contribution is 1.03. The van der Waals surface area contributed by atoms with Crippen molar-refractivity contribution >= 4 is 0 Å². The Hall–Kier alpha value is -1.82. The molecule has 0 amide bonds. The number of nitriles is 1. The molecule has 1 N–H and O–H groups in total. The largest absolute Gasteiger partial charge is 0.325 e. The van der Waals surface area contributed by atoms with Crippen LogP contribution in [0.5, 0.6) is 0 Å². The van der Waals surface area contributed by atoms with E-state index in [0.29, 0.717) is 6.42 Å². The Labute approximate surface area is 82.7 Å². The number of aromatic amines is 1. The smallest absolute Gasteiger partial charge is 0.266 e. The van der Waals surface area contributed by atoms with Crippen LogP contribution in [0.2, 0.25) is 0 Å². The fourth-order valence-electron chi connectivity index (χ4n) is 1.50. The van der Waals surface area contributed by atoms with Gasteiger partial charge in [-0.15, -0.1) is 6.58 Å². The molecule has 1 rings (SSSR count). The number of pyridine rings is 1. The zero-order valence-electron chi connectivity index (χ0n) is 8.35. The molecule has 0 aromatic carbocycles. The van der Waals surface area contributed by atoms with E-state index in [1.54, 1.807) is 13.0 Å². The zero-order chi connectivity index (χ0) is 10.7. The first-order valence-electron chi connectivity index (χ1n) is 4.35. The molecule has 0 unspecified atom stereocenters. The maximum atomic E-state index is 11.3. The van der Waals surface area contributed by atoms with E-state index < -0.39 is 0 Å². The van der Waals surface area contributed by atoms with Crippen LogP contribution in [0.25, 0.3) is 0 Å². The summed E-state index contributed by atoms with van der Waals surface area (Å²) in [7, 11) is 0. The topological polar surface area (TPSA) is 56.6 Å². The lowest BCUT2D eigenvalue weighted by Gasteiger charge is -2.07. The summed E-state index contributed by atoms with van der Waals surface area (Å²) in [5.74, 6) is 0. The number of nitrogens with zero attached hydrogens (tertiary/aromatic N) is 1. The Morgan fingerprint density at radius 2 is 2.21 bits per heavy atom. The molecule has 0 saturated heterocycles. The monoisotopic (exact) mass is 188 g/mol. The highest BCUT2D eigenvalue weighted by atomic mass is 16.1. The number of hydrogen-bond donors (Lipinski definition) is 1. The van der Waals surface area contributed by atoms with Gasteiger partial charge in [0.1, 0.15) is 11.6 Å². The number of allylic oxidation sites excluding steroid dienone is 1. The second-order valence-corrected chi connectivity index (χ2v) is 3.16. The van der Waals surface area contributed by atoms with Crippen LogP contribution < -0.4 is 5.56 Å². The average Bonchev–Trinajstić information content (AvgIpc) is 2.12. The van der Waals surface area contributed by atoms with Gasteiger partial charge in [0.15, 0.2) is 0 Å². The Morgan fingerprint density at radius 3 is 2.71 bits per heavy atom. The van der Waals surface area contributed by atoms with Crippen LogP contribution in [-0.4, -0.2) is 4.98 Å². The summed E-state index contributed by atoms with van der Waals surface area (Å²) in [4.78, 5) is 14.0. The lowest BCUT2D eigenvalue weighted by atomic mass is 10.0. The van der Waals surface area contributed by atoms with E-state index in [1.165, 1.54) is 0 Å². The summed E-state index contributed by atoms with van der Waals surface area (Å²) >= 11 is 0. The summed E-state index contributed by atoms with van der Waals surface area (Å²) < 4.78 is 0. The van der Waals surface area contributed by atoms with E-state index in [9.17, 15) is 4.79 Å². The summed E-state index contributed by atoms with van der Waals surface area (Å²) in [6.07, 6.45) is 2.43. The third kappa shape index (κ3) is 1.60. The third-order valence-corrected chi connectivity index (χ3v) is 2.27. The zero-order valence-corrected chi connectivity index (χ0v) is 8.35. The Morgan fingerprint density at radius 1 is 1.57 bits per heavy atom. The van der Waals surface area contributed by atoms with Crippen molar-refractivity contribution in [1.29, 1.82) is 5.26 Å². The molecule has 14 heavy (non-hydrogen) atoms. The van der Waals surface area contributed by atoms with Crippen molar-refractivity contribution in [3.63, 3.8) is 0 Å². The number of aromatic nitrogens is 1. The van der Waals surface area contributed by atoms with Gasteiger partial charge in [-0.05, 0) is 31.4 Å². The quantitative estimate of drug-likeness (QED) is 0.716. The van der Waals surface area contributed by atoms with Crippen LogP contribution in [0.3, 0.4) is 0 Å². The minimum absolute atomic E-state index is 0.201. The fourth-order valence-corrected chi connectivity index (χ4v) is 1.50. The summed E-state index contributed by atoms with van der Waals surface area (Å²) in [5, 5.41) is 8.79. The maximum Gasteiger partial charge on any atom is 0.266 e. The molecule has 0 fully saturated rings. The van der Waals surface area contributed by atoms with Crippen LogP contribution in [0.15, 0.2) is 17.4 Å². The second-order valence-electron chi connectivity index (χ2n) is 3.16. The molecule has 0 radical (unpaired) electrons. The first kappa shape index (κ1) is 10.3. The van der Waals surface area contributed by atoms with Gasteiger partial charge >= 0.3 is 0 Å². The fraction of sp³-hybridized carbons (Fsp3) is 0.273. The Bertz CT molecular complexity index is 463. The Balaban J connectivity index is 3.53. The standard InChI is InChI=1S/C11H12N2O/c1-4-5-9-7(2)10(6-12)11(14)13-8(9)3/h4H,1,5H2,2-3H3,(H,13,14). The van der Waals surface area contributed by atoms with Crippen molar-refractivity contribution in [2.45, 2.75) is 20.3 Å². The molecular formula is C11H12N2O. The first-order chi connectivity index (χ1) is 6.61. The molecule has 0 atom stereocenters. The normalized spacial score (nSPS) is 9.50. The van der Waals surface area contributed by atoms with E-state index in [1.807, 2.05) is 13.0 Å². The van der Waals surface area contributed by atoms with Gasteiger partial charge in [-0.2, -0.15) is 5.26 Å². The van der Waals surface area contributed by atoms with Gasteiger partial charge in [0.25, 0.3) is 5.56 Å². The predicted octanol–water partition coefficient (Wildman–Crippen LogP) is 1.59. The number of hydrogen-bond acceptors (Lipinski definition) is 2. The van der Waals surface area contributed by atoms with Gasteiger partial charge in [-0.3, -0.25) is 4.79 Å². The molecule has 0 saturated carbocycles. The minimum atomic E-state index is -0.310. The van der Waals surface area contributed by atoms with Gasteiger partial charge in [-0.1, -0.05) is 6.08 Å². The third-order valence-electron chi connectivity index (χ3n) is 2.27. The molecule has 0 aliphatic rings. The van der Waals surface area contributed by atoms with E-state index in [2.05, 4.69) is 11.6 Å². The van der Waals surface area contributed by atoms with E-state index in [4.69, 9.17) is 5.26 Å². The molecule has 0 spiro atoms. The number of H-pyrrole nitrogens is 1. The van der Waals surface area contributed by atoms with Crippen molar-refractivity contribution < 1.29 is 0 Å². The highest BCUT2D eigenvalue weighted by Crippen LogP contribution is 2.13. The van der Waals surface area contributed by atoms with E-state index in [0.717, 1.165) is 16.8 Å². The van der Waals surface area contributed by atoms with Crippen LogP contribution in [0.1, 0.15) is 22.4 Å². The van der Waals surface area contributed by atoms with Crippen LogP contribution in [0, 0.1) is 25.2 Å². The average molecular weight is 188 g/mol. The highest BCUT2D eigenvalue weighted by molar-refractivity contribution is 5.42. The lowest BCUT2D eigenvalue weighted by Crippen LogP contribution is -2.16. The molecular weight excluding hydrogens is 176 g/mol. The molecule has 1 aromatic heterocycles. The van der Waals surface area contributed by atoms with Gasteiger partial charge in [0.2, 0.25) is 0 Å². The molecule has 0 bridgehead atoms. The van der Waals surface area contributed by atoms with E-state index in [-0.39, 0.29) is 11.1 Å². The number of aryl methyl sites for hydroxylation is 1. The molecule has 0 aliphatic heterocycles. The molecule has 1 heterocycles. The SMILES string of the molecule is C=CCc1c(C)[nH]c(=O)c(C#N)c1C. The predicted molar refractivity (Wildman–Crippen MR) is 55.2 cm³/mol. The van der Waals surface area contributed by atoms with Gasteiger partial charge in [-0.25, -0.2) is 0 Å². The van der Waals surface area contributed by atoms with Crippen molar-refractivity contribution in [1.82, 2.24) is 4.98 Å². The summed E-state index contributed by atoms with van der Waals surface area (Å²) in [5.41, 5.74) is 2.44. The van der Waals surface area contributed by atoms with Crippen molar-refractivity contribution in [2.75, 3.05) is 0 Å². The van der Waals surface area contributed by atoms with E-state index >= 15 is 0 Å². The second kappa shape index (κ2) is 3.93. The molecule has 3 nitrogen and oxygen atoms in total. The van der Waals surface area contributed by atoms with Crippen LogP contribution in [0.4, 0.5) is 0 Å². The Kier molecular flexibility index (Phi) is 2.88. The highest BCUT2D eigenvalue weighted by Gasteiger charge is 2.09. The summed E-state index contributed by atoms with van der Waals surface area (Å²) in [6.45, 7) is 7.26. The number of nitrogens with one attached hydrogen (secondary N) is 1. The van der Waals surface area contributed by atoms with Gasteiger partial charge in [0, 0.05) is 5.69 Å². The van der Waals surface area contributed by atoms with Gasteiger partial charge in [0.05, 0.1) is 0 Å². The molecule has 1 aromatic rings. The van der Waals surface area contributed by atoms with Gasteiger partial charge < -0.3 is 4.98 Å². The molecule has 0 aliphatic carbocycles. The number of rotatable bonds is 2. The van der Waals surface area contributed by atoms with Crippen LogP contribution in [-0.2, 0) is 6.42 Å². The molecule has 72 valence electrons. The first-order valence-corrected chi connectivity index (χ1v) is 4.35. The van der Waals surface area contributed by atoms with Crippen molar-refractivity contribution in [3.8, 4) is 6.07 Å². The van der Waals surface area contributed by atoms with Crippen LogP contribution >= 0.6 is 0 Å². The molecule has 3 heteroatoms. The summed E-state index contributed by atoms with van der Waals surface area (Å²) in [6, 6.07) is 1.91. The maximum absolute atomic E-state index is 11.3.